The molecule has 0 fully saturated rings. The van der Waals surface area contributed by atoms with Crippen molar-refractivity contribution in [2.45, 2.75) is 0 Å². The average molecular weight is 1750 g/mol. The Labute approximate surface area is 805 Å². The third-order valence-electron chi connectivity index (χ3n) is 28.7. The van der Waals surface area contributed by atoms with Crippen LogP contribution in [0.25, 0.3) is 178 Å². The first-order valence-electron chi connectivity index (χ1n) is 47.5. The van der Waals surface area contributed by atoms with Crippen LogP contribution in [0.4, 0.5) is 34.1 Å². The van der Waals surface area contributed by atoms with E-state index >= 15 is 0 Å². The molecule has 138 heavy (non-hydrogen) atoms. The van der Waals surface area contributed by atoms with E-state index in [0.717, 1.165) is 16.8 Å². The Hall–Kier alpha value is -17.8. The minimum Gasteiger partial charge on any atom is -0.376 e. The van der Waals surface area contributed by atoms with Crippen molar-refractivity contribution in [1.82, 2.24) is 15.0 Å². The fraction of sp³-hybridized carbons (Fsp3) is 0. The zero-order valence-corrected chi connectivity index (χ0v) is 75.5. The molecule has 0 saturated heterocycles. The van der Waals surface area contributed by atoms with Gasteiger partial charge in [-0.3, -0.25) is 15.0 Å². The third kappa shape index (κ3) is 14.2. The van der Waals surface area contributed by atoms with E-state index in [1.54, 1.807) is 0 Å². The van der Waals surface area contributed by atoms with Crippen molar-refractivity contribution in [2.24, 2.45) is 0 Å². The maximum absolute atomic E-state index is 4.56. The molecule has 0 bridgehead atoms. The molecule has 0 amide bonds. The van der Waals surface area contributed by atoms with Crippen LogP contribution >= 0.6 is 0 Å². The van der Waals surface area contributed by atoms with Crippen molar-refractivity contribution < 1.29 is 0 Å². The fourth-order valence-corrected chi connectivity index (χ4v) is 22.2. The number of hydrogen-bond acceptors (Lipinski definition) is 6. The number of pyridine rings is 3. The summed E-state index contributed by atoms with van der Waals surface area (Å²) in [5.41, 5.74) is 54.7. The normalized spacial score (nSPS) is 12.4. The smallest absolute Gasteiger partial charge is 0.329 e. The van der Waals surface area contributed by atoms with Crippen molar-refractivity contribution in [3.8, 4) is 178 Å². The van der Waals surface area contributed by atoms with Crippen molar-refractivity contribution in [3.05, 3.63) is 516 Å². The van der Waals surface area contributed by atoms with Crippen LogP contribution in [-0.2, 0) is 0 Å². The minimum absolute atomic E-state index is 0.0269. The monoisotopic (exact) mass is 1750 g/mol. The first kappa shape index (κ1) is 81.0. The second kappa shape index (κ2) is 34.4. The van der Waals surface area contributed by atoms with Gasteiger partial charge in [-0.1, -0.05) is 394 Å². The average Bonchev–Trinajstić information content (AvgIpc) is 0.707. The molecule has 3 aromatic heterocycles. The van der Waals surface area contributed by atoms with Gasteiger partial charge in [0.05, 0.1) is 5.69 Å². The predicted octanol–water partition coefficient (Wildman–Crippen LogP) is 28.6. The second-order valence-electron chi connectivity index (χ2n) is 36.3. The van der Waals surface area contributed by atoms with Crippen LogP contribution in [0.1, 0.15) is 0 Å². The number of benzene rings is 19. The molecule has 640 valence electrons. The number of fused-ring (bicyclic) bond motifs is 33. The van der Waals surface area contributed by atoms with Gasteiger partial charge in [-0.05, 0) is 257 Å². The molecule has 0 N–H and O–H groups in total. The van der Waals surface area contributed by atoms with Crippen molar-refractivity contribution >= 4 is 87.4 Å². The van der Waals surface area contributed by atoms with E-state index in [0.29, 0.717) is 0 Å². The molecule has 0 spiro atoms. The SMILES string of the molecule is c1ccc(-c2ccc3c(c2)-c2ccccc2B2c4cc(-c5ccc(-c6ccccn6)cc5)ccc4-c4cc(-c5ccccc5)ccc4N23)cc1.c1ccc(-c2ccc3c(c2)-c2ccccc2B2c4cc(-c5ccc(-c6cccnc6)cc5)ccc4-c4cc(-c5ccccc5)ccc4N23)cc1.c1ccc2c(c1)B1c3cc(-c4ccc(-c5ccncc5)cc4)ccc3-c3ccccc3N1c1ccccc1-2. The summed E-state index contributed by atoms with van der Waals surface area (Å²) in [4.78, 5) is 20.8. The number of anilines is 6. The molecule has 0 saturated carbocycles. The van der Waals surface area contributed by atoms with Crippen LogP contribution in [0.2, 0.25) is 0 Å². The van der Waals surface area contributed by atoms with Gasteiger partial charge in [-0.2, -0.15) is 0 Å². The Morgan fingerprint density at radius 1 is 0.138 bits per heavy atom. The van der Waals surface area contributed by atoms with Gasteiger partial charge < -0.3 is 14.4 Å². The van der Waals surface area contributed by atoms with Crippen molar-refractivity contribution in [1.29, 1.82) is 0 Å². The molecule has 19 aromatic carbocycles. The quantitative estimate of drug-likeness (QED) is 0.127. The molecule has 0 atom stereocenters. The summed E-state index contributed by atoms with van der Waals surface area (Å²) in [6.45, 7) is 0.169. The van der Waals surface area contributed by atoms with Crippen molar-refractivity contribution in [2.75, 3.05) is 14.4 Å². The van der Waals surface area contributed by atoms with E-state index in [1.807, 2.05) is 49.2 Å². The summed E-state index contributed by atoms with van der Waals surface area (Å²) in [5.74, 6) is 0. The highest BCUT2D eigenvalue weighted by molar-refractivity contribution is 6.94. The van der Waals surface area contributed by atoms with E-state index in [2.05, 4.69) is 496 Å². The van der Waals surface area contributed by atoms with Gasteiger partial charge in [0.2, 0.25) is 0 Å². The van der Waals surface area contributed by atoms with E-state index in [-0.39, 0.29) is 20.5 Å². The highest BCUT2D eigenvalue weighted by Gasteiger charge is 2.46. The maximum atomic E-state index is 4.56. The van der Waals surface area contributed by atoms with Crippen LogP contribution < -0.4 is 47.2 Å². The van der Waals surface area contributed by atoms with Crippen molar-refractivity contribution in [3.63, 3.8) is 0 Å². The fourth-order valence-electron chi connectivity index (χ4n) is 22.2. The van der Waals surface area contributed by atoms with Crippen LogP contribution in [0.5, 0.6) is 0 Å². The molecule has 6 aliphatic rings. The molecular weight excluding hydrogens is 1670 g/mol. The minimum atomic E-state index is 0.0269. The van der Waals surface area contributed by atoms with Crippen LogP contribution in [0, 0.1) is 0 Å². The molecule has 22 aromatic rings. The Morgan fingerprint density at radius 2 is 0.391 bits per heavy atom. The van der Waals surface area contributed by atoms with Gasteiger partial charge in [-0.15, -0.1) is 0 Å². The summed E-state index contributed by atoms with van der Waals surface area (Å²) in [6, 6.07) is 177. The number of rotatable bonds is 10. The lowest BCUT2D eigenvalue weighted by atomic mass is 9.43. The summed E-state index contributed by atoms with van der Waals surface area (Å²) >= 11 is 0. The summed E-state index contributed by atoms with van der Waals surface area (Å²) < 4.78 is 0. The lowest BCUT2D eigenvalue weighted by Gasteiger charge is -2.43. The highest BCUT2D eigenvalue weighted by Crippen LogP contribution is 2.53. The topological polar surface area (TPSA) is 48.4 Å². The Balaban J connectivity index is 0.000000108. The molecule has 0 aliphatic carbocycles. The van der Waals surface area contributed by atoms with Gasteiger partial charge in [0.1, 0.15) is 0 Å². The predicted molar refractivity (Wildman–Crippen MR) is 580 cm³/mol. The van der Waals surface area contributed by atoms with E-state index in [1.165, 1.54) is 228 Å². The van der Waals surface area contributed by atoms with Gasteiger partial charge in [-0.25, -0.2) is 0 Å². The molecule has 9 heteroatoms. The summed E-state index contributed by atoms with van der Waals surface area (Å²) in [6.07, 6.45) is 9.28. The maximum Gasteiger partial charge on any atom is 0.329 e. The van der Waals surface area contributed by atoms with Gasteiger partial charge >= 0.3 is 20.5 Å². The van der Waals surface area contributed by atoms with E-state index in [4.69, 9.17) is 0 Å². The standard InChI is InChI=1S/2C47H31BN2.C35H23BN2/c1-3-11-32(12-4-1)36-23-26-46-41(29-36)39-15-7-8-16-43(39)48-44-31-38(34-18-20-35(21-19-34)45-17-9-10-28-49-45)22-25-40(44)42-30-37(24-27-47(42)50(46)48)33-13-5-2-6-14-33;1-3-10-32(11-4-1)36-22-25-46-42(28-36)40-15-7-8-16-44(40)48-45-30-38(34-17-19-35(20-18-34)39-14-9-27-49-31-39)21-24-41(45)43-29-37(23-26-47(43)50(46)48)33-12-5-2-6-13-33;1-4-10-32-28(7-1)30-8-2-5-11-34(30)38-35-12-6-3-9-31(35)29-18-17-27(23-33(29)36(32)38)25-15-13-24(14-16-25)26-19-21-37-22-20-26/h2*1-31H;1-23H. The second-order valence-corrected chi connectivity index (χ2v) is 36.3. The highest BCUT2D eigenvalue weighted by atomic mass is 15.1. The summed E-state index contributed by atoms with van der Waals surface area (Å²) in [5, 5.41) is 0. The Bertz CT molecular complexity index is 8080. The number of para-hydroxylation sites is 2. The third-order valence-corrected chi connectivity index (χ3v) is 28.7. The lowest BCUT2D eigenvalue weighted by molar-refractivity contribution is 1.33. The molecule has 6 aliphatic heterocycles. The number of hydrogen-bond donors (Lipinski definition) is 0. The Morgan fingerprint density at radius 3 is 0.746 bits per heavy atom. The van der Waals surface area contributed by atoms with Crippen LogP contribution in [0.15, 0.2) is 516 Å². The van der Waals surface area contributed by atoms with E-state index < -0.39 is 0 Å². The number of nitrogens with zero attached hydrogens (tertiary/aromatic N) is 6. The van der Waals surface area contributed by atoms with Gasteiger partial charge in [0.15, 0.2) is 0 Å². The Kier molecular flexibility index (Phi) is 20.2. The summed E-state index contributed by atoms with van der Waals surface area (Å²) in [7, 11) is 0. The zero-order valence-electron chi connectivity index (χ0n) is 75.5. The first-order chi connectivity index (χ1) is 68.5. The molecular formula is C129H85B3N6. The molecule has 0 unspecified atom stereocenters. The molecule has 0 radical (unpaired) electrons. The molecule has 28 rings (SSSR count). The number of aromatic nitrogens is 3. The lowest BCUT2D eigenvalue weighted by Crippen LogP contribution is -2.59. The van der Waals surface area contributed by atoms with Gasteiger partial charge in [0.25, 0.3) is 0 Å². The zero-order chi connectivity index (χ0) is 91.1. The molecule has 6 nitrogen and oxygen atoms in total. The first-order valence-corrected chi connectivity index (χ1v) is 47.5. The van der Waals surface area contributed by atoms with Crippen LogP contribution in [0.3, 0.4) is 0 Å². The molecule has 9 heterocycles. The van der Waals surface area contributed by atoms with E-state index in [9.17, 15) is 0 Å². The van der Waals surface area contributed by atoms with Gasteiger partial charge in [0, 0.05) is 104 Å². The largest absolute Gasteiger partial charge is 0.376 e. The van der Waals surface area contributed by atoms with Crippen LogP contribution in [-0.4, -0.2) is 35.5 Å².